The standard InChI is InChI=1S/C30H26N2O4S/c1-4-36-22-12-8-11-21(17-22)27-25(23(33)14-13-20-9-6-5-7-10-20)28(34)29(35)32(27)30-31-26-19(3)15-18(2)16-24(26)37-30/h5-17,27,34H,4H2,1-3H3. The molecule has 1 amide bonds. The van der Waals surface area contributed by atoms with Crippen LogP contribution in [-0.2, 0) is 9.59 Å². The van der Waals surface area contributed by atoms with E-state index >= 15 is 0 Å². The molecule has 0 aliphatic carbocycles. The predicted octanol–water partition coefficient (Wildman–Crippen LogP) is 6.49. The van der Waals surface area contributed by atoms with Crippen LogP contribution < -0.4 is 9.64 Å². The number of aryl methyl sites for hydroxylation is 2. The number of ketones is 1. The van der Waals surface area contributed by atoms with Crippen molar-refractivity contribution in [3.63, 3.8) is 0 Å². The molecule has 7 heteroatoms. The Labute approximate surface area is 219 Å². The van der Waals surface area contributed by atoms with Crippen LogP contribution in [0.25, 0.3) is 16.3 Å². The third kappa shape index (κ3) is 4.66. The average Bonchev–Trinajstić information content (AvgIpc) is 3.42. The van der Waals surface area contributed by atoms with Crippen molar-refractivity contribution in [1.82, 2.24) is 4.98 Å². The van der Waals surface area contributed by atoms with Gasteiger partial charge in [0.05, 0.1) is 28.4 Å². The van der Waals surface area contributed by atoms with Gasteiger partial charge in [0.1, 0.15) is 5.75 Å². The summed E-state index contributed by atoms with van der Waals surface area (Å²) in [4.78, 5) is 33.2. The smallest absolute Gasteiger partial charge is 0.296 e. The summed E-state index contributed by atoms with van der Waals surface area (Å²) in [6, 6.07) is 19.8. The summed E-state index contributed by atoms with van der Waals surface area (Å²) in [6.07, 6.45) is 3.07. The number of anilines is 1. The summed E-state index contributed by atoms with van der Waals surface area (Å²) in [7, 11) is 0. The molecule has 0 fully saturated rings. The van der Waals surface area contributed by atoms with E-state index in [2.05, 4.69) is 0 Å². The van der Waals surface area contributed by atoms with Crippen molar-refractivity contribution in [3.05, 3.63) is 106 Å². The first kappa shape index (κ1) is 24.5. The molecule has 0 saturated heterocycles. The molecule has 0 saturated carbocycles. The molecule has 1 aliphatic rings. The first-order valence-corrected chi connectivity index (χ1v) is 12.8. The molecular formula is C30H26N2O4S. The highest BCUT2D eigenvalue weighted by Gasteiger charge is 2.45. The van der Waals surface area contributed by atoms with Crippen molar-refractivity contribution >= 4 is 44.5 Å². The van der Waals surface area contributed by atoms with E-state index in [1.165, 1.54) is 22.3 Å². The number of carbonyl (C=O) groups excluding carboxylic acids is 2. The zero-order chi connectivity index (χ0) is 26.1. The minimum absolute atomic E-state index is 0.0120. The lowest BCUT2D eigenvalue weighted by molar-refractivity contribution is -0.117. The highest BCUT2D eigenvalue weighted by atomic mass is 32.1. The predicted molar refractivity (Wildman–Crippen MR) is 147 cm³/mol. The van der Waals surface area contributed by atoms with Crippen LogP contribution in [-0.4, -0.2) is 28.4 Å². The summed E-state index contributed by atoms with van der Waals surface area (Å²) < 4.78 is 6.62. The molecule has 0 radical (unpaired) electrons. The van der Waals surface area contributed by atoms with Gasteiger partial charge in [0, 0.05) is 0 Å². The van der Waals surface area contributed by atoms with E-state index < -0.39 is 23.5 Å². The van der Waals surface area contributed by atoms with Gasteiger partial charge in [0.25, 0.3) is 5.91 Å². The van der Waals surface area contributed by atoms with Gasteiger partial charge in [-0.25, -0.2) is 4.98 Å². The molecule has 4 aromatic rings. The van der Waals surface area contributed by atoms with E-state index in [0.717, 1.165) is 26.9 Å². The molecule has 1 aromatic heterocycles. The lowest BCUT2D eigenvalue weighted by Gasteiger charge is -2.24. The summed E-state index contributed by atoms with van der Waals surface area (Å²) in [5.74, 6) is -1.06. The zero-order valence-electron chi connectivity index (χ0n) is 20.8. The number of aliphatic hydroxyl groups is 1. The Morgan fingerprint density at radius 1 is 1.11 bits per heavy atom. The number of hydrogen-bond acceptors (Lipinski definition) is 6. The van der Waals surface area contributed by atoms with E-state index in [0.29, 0.717) is 23.1 Å². The topological polar surface area (TPSA) is 79.7 Å². The van der Waals surface area contributed by atoms with Crippen LogP contribution in [0.5, 0.6) is 5.75 Å². The fourth-order valence-electron chi connectivity index (χ4n) is 4.60. The van der Waals surface area contributed by atoms with Crippen LogP contribution in [0.2, 0.25) is 0 Å². The monoisotopic (exact) mass is 510 g/mol. The third-order valence-electron chi connectivity index (χ3n) is 6.21. The van der Waals surface area contributed by atoms with Gasteiger partial charge >= 0.3 is 0 Å². The van der Waals surface area contributed by atoms with Gasteiger partial charge < -0.3 is 9.84 Å². The maximum Gasteiger partial charge on any atom is 0.296 e. The molecule has 1 aliphatic heterocycles. The Balaban J connectivity index is 1.63. The molecule has 1 unspecified atom stereocenters. The largest absolute Gasteiger partial charge is 0.503 e. The molecule has 186 valence electrons. The van der Waals surface area contributed by atoms with E-state index in [-0.39, 0.29) is 5.57 Å². The Morgan fingerprint density at radius 3 is 2.65 bits per heavy atom. The number of aliphatic hydroxyl groups excluding tert-OH is 1. The fraction of sp³-hybridized carbons (Fsp3) is 0.167. The minimum atomic E-state index is -0.859. The summed E-state index contributed by atoms with van der Waals surface area (Å²) in [6.45, 7) is 6.35. The summed E-state index contributed by atoms with van der Waals surface area (Å²) >= 11 is 1.36. The lowest BCUT2D eigenvalue weighted by atomic mass is 9.95. The number of allylic oxidation sites excluding steroid dienone is 1. The van der Waals surface area contributed by atoms with Crippen molar-refractivity contribution in [2.75, 3.05) is 11.5 Å². The number of aromatic nitrogens is 1. The molecule has 1 N–H and O–H groups in total. The Hall–Kier alpha value is -4.23. The maximum absolute atomic E-state index is 13.5. The van der Waals surface area contributed by atoms with Crippen molar-refractivity contribution in [1.29, 1.82) is 0 Å². The first-order valence-electron chi connectivity index (χ1n) is 12.0. The number of nitrogens with zero attached hydrogens (tertiary/aromatic N) is 2. The van der Waals surface area contributed by atoms with Crippen molar-refractivity contribution < 1.29 is 19.4 Å². The average molecular weight is 511 g/mol. The van der Waals surface area contributed by atoms with E-state index in [9.17, 15) is 14.7 Å². The normalized spacial score (nSPS) is 15.8. The van der Waals surface area contributed by atoms with E-state index in [4.69, 9.17) is 9.72 Å². The molecular weight excluding hydrogens is 484 g/mol. The number of hydrogen-bond donors (Lipinski definition) is 1. The quantitative estimate of drug-likeness (QED) is 0.287. The molecule has 3 aromatic carbocycles. The number of amides is 1. The second-order valence-corrected chi connectivity index (χ2v) is 9.89. The molecule has 5 rings (SSSR count). The van der Waals surface area contributed by atoms with Crippen LogP contribution >= 0.6 is 11.3 Å². The Morgan fingerprint density at radius 2 is 1.89 bits per heavy atom. The highest BCUT2D eigenvalue weighted by Crippen LogP contribution is 2.44. The van der Waals surface area contributed by atoms with Crippen LogP contribution in [0.3, 0.4) is 0 Å². The molecule has 0 bridgehead atoms. The molecule has 6 nitrogen and oxygen atoms in total. The number of thiazole rings is 1. The van der Waals surface area contributed by atoms with Crippen molar-refractivity contribution in [3.8, 4) is 5.75 Å². The van der Waals surface area contributed by atoms with Crippen LogP contribution in [0, 0.1) is 13.8 Å². The summed E-state index contributed by atoms with van der Waals surface area (Å²) in [5, 5.41) is 11.4. The van der Waals surface area contributed by atoms with Crippen molar-refractivity contribution in [2.24, 2.45) is 0 Å². The van der Waals surface area contributed by atoms with Crippen LogP contribution in [0.1, 0.15) is 35.2 Å². The van der Waals surface area contributed by atoms with Gasteiger partial charge in [-0.15, -0.1) is 0 Å². The van der Waals surface area contributed by atoms with E-state index in [1.54, 1.807) is 12.1 Å². The third-order valence-corrected chi connectivity index (χ3v) is 7.21. The van der Waals surface area contributed by atoms with Gasteiger partial charge in [0.2, 0.25) is 0 Å². The van der Waals surface area contributed by atoms with Gasteiger partial charge in [-0.3, -0.25) is 14.5 Å². The van der Waals surface area contributed by atoms with Crippen LogP contribution in [0.15, 0.2) is 84.1 Å². The van der Waals surface area contributed by atoms with Crippen molar-refractivity contribution in [2.45, 2.75) is 26.8 Å². The molecule has 2 heterocycles. The molecule has 0 spiro atoms. The number of ether oxygens (including phenoxy) is 1. The Kier molecular flexibility index (Phi) is 6.63. The maximum atomic E-state index is 13.5. The fourth-order valence-corrected chi connectivity index (χ4v) is 5.77. The van der Waals surface area contributed by atoms with Gasteiger partial charge in [-0.05, 0) is 67.3 Å². The van der Waals surface area contributed by atoms with Gasteiger partial charge in [-0.1, -0.05) is 65.9 Å². The SMILES string of the molecule is CCOc1cccc(C2C(C(=O)C=Cc3ccccc3)=C(O)C(=O)N2c2nc3c(C)cc(C)cc3s2)c1. The summed E-state index contributed by atoms with van der Waals surface area (Å²) in [5.41, 5.74) is 4.38. The van der Waals surface area contributed by atoms with Crippen LogP contribution in [0.4, 0.5) is 5.13 Å². The second-order valence-electron chi connectivity index (χ2n) is 8.88. The lowest BCUT2D eigenvalue weighted by Crippen LogP contribution is -2.30. The number of rotatable bonds is 7. The van der Waals surface area contributed by atoms with Gasteiger partial charge in [-0.2, -0.15) is 0 Å². The minimum Gasteiger partial charge on any atom is -0.503 e. The zero-order valence-corrected chi connectivity index (χ0v) is 21.6. The number of carbonyl (C=O) groups is 2. The number of fused-ring (bicyclic) bond motifs is 1. The molecule has 1 atom stereocenters. The van der Waals surface area contributed by atoms with Gasteiger partial charge in [0.15, 0.2) is 16.7 Å². The molecule has 37 heavy (non-hydrogen) atoms. The highest BCUT2D eigenvalue weighted by molar-refractivity contribution is 7.22. The number of benzene rings is 3. The second kappa shape index (κ2) is 10.0. The Bertz CT molecular complexity index is 1570. The first-order chi connectivity index (χ1) is 17.9. The van der Waals surface area contributed by atoms with E-state index in [1.807, 2.05) is 81.4 Å².